The molecule has 3 heterocycles. The van der Waals surface area contributed by atoms with E-state index in [4.69, 9.17) is 4.98 Å². The first-order chi connectivity index (χ1) is 12.1. The predicted octanol–water partition coefficient (Wildman–Crippen LogP) is 2.30. The van der Waals surface area contributed by atoms with Crippen molar-refractivity contribution in [3.8, 4) is 0 Å². The highest BCUT2D eigenvalue weighted by Gasteiger charge is 2.21. The lowest BCUT2D eigenvalue weighted by molar-refractivity contribution is 0.249. The molecule has 0 saturated carbocycles. The molecule has 25 heavy (non-hydrogen) atoms. The van der Waals surface area contributed by atoms with Crippen LogP contribution in [0, 0.1) is 13.8 Å². The molecule has 0 N–H and O–H groups in total. The van der Waals surface area contributed by atoms with E-state index in [1.165, 1.54) is 11.1 Å². The van der Waals surface area contributed by atoms with Crippen LogP contribution in [0.3, 0.4) is 0 Å². The Hall–Kier alpha value is -2.47. The van der Waals surface area contributed by atoms with Gasteiger partial charge in [-0.05, 0) is 19.4 Å². The summed E-state index contributed by atoms with van der Waals surface area (Å²) in [5, 5.41) is 5.39. The fourth-order valence-electron chi connectivity index (χ4n) is 3.54. The molecule has 1 aromatic carbocycles. The van der Waals surface area contributed by atoms with Gasteiger partial charge in [-0.2, -0.15) is 5.10 Å². The lowest BCUT2D eigenvalue weighted by Gasteiger charge is -2.35. The van der Waals surface area contributed by atoms with Gasteiger partial charge in [0, 0.05) is 39.8 Å². The highest BCUT2D eigenvalue weighted by Crippen LogP contribution is 2.24. The van der Waals surface area contributed by atoms with Gasteiger partial charge in [-0.15, -0.1) is 0 Å². The molecule has 0 spiro atoms. The van der Waals surface area contributed by atoms with Gasteiger partial charge in [0.1, 0.15) is 11.6 Å². The number of rotatable bonds is 3. The highest BCUT2D eigenvalue weighted by atomic mass is 15.3. The fourth-order valence-corrected chi connectivity index (χ4v) is 3.54. The Morgan fingerprint density at radius 1 is 1.04 bits per heavy atom. The van der Waals surface area contributed by atoms with Crippen LogP contribution < -0.4 is 4.90 Å². The van der Waals surface area contributed by atoms with Crippen LogP contribution in [-0.2, 0) is 13.6 Å². The average Bonchev–Trinajstić information content (AvgIpc) is 2.96. The first-order valence-corrected chi connectivity index (χ1v) is 8.79. The van der Waals surface area contributed by atoms with Crippen molar-refractivity contribution in [3.05, 3.63) is 47.4 Å². The summed E-state index contributed by atoms with van der Waals surface area (Å²) in [5.41, 5.74) is 3.62. The lowest BCUT2D eigenvalue weighted by atomic mass is 10.1. The van der Waals surface area contributed by atoms with Gasteiger partial charge in [-0.1, -0.05) is 29.8 Å². The molecule has 0 atom stereocenters. The van der Waals surface area contributed by atoms with E-state index in [9.17, 15) is 0 Å². The van der Waals surface area contributed by atoms with Crippen molar-refractivity contribution in [1.29, 1.82) is 0 Å². The van der Waals surface area contributed by atoms with E-state index >= 15 is 0 Å². The third kappa shape index (κ3) is 3.22. The maximum Gasteiger partial charge on any atom is 0.163 e. The van der Waals surface area contributed by atoms with Crippen LogP contribution >= 0.6 is 0 Å². The van der Waals surface area contributed by atoms with E-state index in [-0.39, 0.29) is 0 Å². The molecule has 0 radical (unpaired) electrons. The second-order valence-electron chi connectivity index (χ2n) is 6.85. The quantitative estimate of drug-likeness (QED) is 0.734. The lowest BCUT2D eigenvalue weighted by Crippen LogP contribution is -2.46. The Kier molecular flexibility index (Phi) is 4.13. The summed E-state index contributed by atoms with van der Waals surface area (Å²) in [6, 6.07) is 8.79. The Balaban J connectivity index is 1.49. The van der Waals surface area contributed by atoms with Crippen molar-refractivity contribution in [1.82, 2.24) is 24.6 Å². The van der Waals surface area contributed by atoms with Gasteiger partial charge in [-0.25, -0.2) is 9.97 Å². The molecule has 2 aromatic heterocycles. The number of hydrogen-bond donors (Lipinski definition) is 0. The minimum atomic E-state index is 0.799. The molecule has 0 amide bonds. The summed E-state index contributed by atoms with van der Waals surface area (Å²) in [4.78, 5) is 14.1. The SMILES string of the molecule is Cc1cccc(CN2CCN(c3nc(C)nc4c3cnn4C)CC2)c1. The maximum absolute atomic E-state index is 4.70. The maximum atomic E-state index is 4.70. The summed E-state index contributed by atoms with van der Waals surface area (Å²) in [6.45, 7) is 9.15. The van der Waals surface area contributed by atoms with Crippen LogP contribution in [0.1, 0.15) is 17.0 Å². The largest absolute Gasteiger partial charge is 0.353 e. The molecule has 6 nitrogen and oxygen atoms in total. The van der Waals surface area contributed by atoms with E-state index in [0.29, 0.717) is 0 Å². The zero-order valence-corrected chi connectivity index (χ0v) is 15.1. The molecule has 0 unspecified atom stereocenters. The summed E-state index contributed by atoms with van der Waals surface area (Å²) in [6.07, 6.45) is 1.88. The van der Waals surface area contributed by atoms with Gasteiger partial charge in [0.05, 0.1) is 11.6 Å². The standard InChI is InChI=1S/C19H24N6/c1-14-5-4-6-16(11-14)13-24-7-9-25(10-8-24)19-17-12-20-23(3)18(17)21-15(2)22-19/h4-6,11-12H,7-10,13H2,1-3H3. The number of nitrogens with zero attached hydrogens (tertiary/aromatic N) is 6. The zero-order chi connectivity index (χ0) is 17.4. The van der Waals surface area contributed by atoms with Crippen molar-refractivity contribution in [3.63, 3.8) is 0 Å². The topological polar surface area (TPSA) is 50.1 Å². The monoisotopic (exact) mass is 336 g/mol. The van der Waals surface area contributed by atoms with E-state index in [2.05, 4.69) is 51.1 Å². The van der Waals surface area contributed by atoms with Gasteiger partial charge in [0.2, 0.25) is 0 Å². The highest BCUT2D eigenvalue weighted by molar-refractivity contribution is 5.87. The molecular formula is C19H24N6. The number of aryl methyl sites for hydroxylation is 3. The zero-order valence-electron chi connectivity index (χ0n) is 15.1. The van der Waals surface area contributed by atoms with Gasteiger partial charge in [0.25, 0.3) is 0 Å². The van der Waals surface area contributed by atoms with Crippen LogP contribution in [0.2, 0.25) is 0 Å². The van der Waals surface area contributed by atoms with E-state index in [1.807, 2.05) is 24.9 Å². The van der Waals surface area contributed by atoms with E-state index in [0.717, 1.165) is 55.4 Å². The average molecular weight is 336 g/mol. The minimum absolute atomic E-state index is 0.799. The molecule has 0 bridgehead atoms. The molecule has 6 heteroatoms. The van der Waals surface area contributed by atoms with Crippen molar-refractivity contribution < 1.29 is 0 Å². The molecule has 0 aliphatic carbocycles. The molecule has 4 rings (SSSR count). The molecule has 1 aliphatic heterocycles. The van der Waals surface area contributed by atoms with Crippen LogP contribution in [0.4, 0.5) is 5.82 Å². The van der Waals surface area contributed by atoms with Crippen LogP contribution in [0.15, 0.2) is 30.5 Å². The molecule has 3 aromatic rings. The van der Waals surface area contributed by atoms with Gasteiger partial charge in [-0.3, -0.25) is 9.58 Å². The van der Waals surface area contributed by atoms with Crippen LogP contribution in [0.5, 0.6) is 0 Å². The number of hydrogen-bond acceptors (Lipinski definition) is 5. The first-order valence-electron chi connectivity index (χ1n) is 8.79. The van der Waals surface area contributed by atoms with Crippen molar-refractivity contribution in [2.45, 2.75) is 20.4 Å². The van der Waals surface area contributed by atoms with Gasteiger partial charge < -0.3 is 4.90 Å². The van der Waals surface area contributed by atoms with Crippen LogP contribution in [-0.4, -0.2) is 50.8 Å². The number of piperazine rings is 1. The molecule has 1 fully saturated rings. The predicted molar refractivity (Wildman–Crippen MR) is 99.7 cm³/mol. The van der Waals surface area contributed by atoms with Crippen LogP contribution in [0.25, 0.3) is 11.0 Å². The summed E-state index contributed by atoms with van der Waals surface area (Å²) in [5.74, 6) is 1.82. The molecular weight excluding hydrogens is 312 g/mol. The van der Waals surface area contributed by atoms with Crippen molar-refractivity contribution >= 4 is 16.9 Å². The minimum Gasteiger partial charge on any atom is -0.353 e. The third-order valence-corrected chi connectivity index (χ3v) is 4.84. The second-order valence-corrected chi connectivity index (χ2v) is 6.85. The van der Waals surface area contributed by atoms with Crippen molar-refractivity contribution in [2.75, 3.05) is 31.1 Å². The number of anilines is 1. The first kappa shape index (κ1) is 16.0. The second kappa shape index (κ2) is 6.44. The Bertz CT molecular complexity index is 892. The summed E-state index contributed by atoms with van der Waals surface area (Å²) in [7, 11) is 1.93. The molecule has 130 valence electrons. The molecule has 1 saturated heterocycles. The van der Waals surface area contributed by atoms with Gasteiger partial charge >= 0.3 is 0 Å². The number of fused-ring (bicyclic) bond motifs is 1. The van der Waals surface area contributed by atoms with Crippen molar-refractivity contribution in [2.24, 2.45) is 7.05 Å². The normalized spacial score (nSPS) is 15.9. The number of aromatic nitrogens is 4. The Morgan fingerprint density at radius 3 is 2.60 bits per heavy atom. The molecule has 1 aliphatic rings. The van der Waals surface area contributed by atoms with E-state index in [1.54, 1.807) is 0 Å². The summed E-state index contributed by atoms with van der Waals surface area (Å²) < 4.78 is 1.82. The van der Waals surface area contributed by atoms with Gasteiger partial charge in [0.15, 0.2) is 5.65 Å². The third-order valence-electron chi connectivity index (χ3n) is 4.84. The summed E-state index contributed by atoms with van der Waals surface area (Å²) >= 11 is 0. The Morgan fingerprint density at radius 2 is 1.84 bits per heavy atom. The van der Waals surface area contributed by atoms with E-state index < -0.39 is 0 Å². The fraction of sp³-hybridized carbons (Fsp3) is 0.421. The number of benzene rings is 1. The smallest absolute Gasteiger partial charge is 0.163 e. The Labute approximate surface area is 148 Å².